The van der Waals surface area contributed by atoms with E-state index in [1.165, 1.54) is 35.3 Å². The minimum absolute atomic E-state index is 0.845. The second-order valence-electron chi connectivity index (χ2n) is 3.93. The Balaban J connectivity index is 1.92. The molecule has 1 aromatic heterocycles. The highest BCUT2D eigenvalue weighted by Crippen LogP contribution is 2.27. The zero-order chi connectivity index (χ0) is 10.7. The van der Waals surface area contributed by atoms with Gasteiger partial charge in [-0.05, 0) is 53.0 Å². The Hall–Kier alpha value is 0.490. The summed E-state index contributed by atoms with van der Waals surface area (Å²) in [5, 5.41) is 3.01. The third kappa shape index (κ3) is 3.22. The third-order valence-corrected chi connectivity index (χ3v) is 5.82. The average Bonchev–Trinajstić information content (AvgIpc) is 2.65. The molecule has 0 saturated carbocycles. The van der Waals surface area contributed by atoms with Crippen molar-refractivity contribution in [2.24, 2.45) is 0 Å². The summed E-state index contributed by atoms with van der Waals surface area (Å²) < 4.78 is 1.28. The standard InChI is InChI=1S/C11H16BrNS2/c1-14-9-3-2-5-13(7-9)8-11-10(12)4-6-15-11/h4,6,9H,2-3,5,7-8H2,1H3. The van der Waals surface area contributed by atoms with E-state index >= 15 is 0 Å². The summed E-state index contributed by atoms with van der Waals surface area (Å²) in [5.41, 5.74) is 0. The van der Waals surface area contributed by atoms with Gasteiger partial charge in [-0.3, -0.25) is 4.90 Å². The monoisotopic (exact) mass is 305 g/mol. The maximum atomic E-state index is 3.60. The summed E-state index contributed by atoms with van der Waals surface area (Å²) in [5.74, 6) is 0. The van der Waals surface area contributed by atoms with Gasteiger partial charge in [0.1, 0.15) is 0 Å². The lowest BCUT2D eigenvalue weighted by Gasteiger charge is -2.31. The molecule has 84 valence electrons. The molecule has 0 N–H and O–H groups in total. The maximum Gasteiger partial charge on any atom is 0.0339 e. The molecule has 1 saturated heterocycles. The maximum absolute atomic E-state index is 3.60. The predicted molar refractivity (Wildman–Crippen MR) is 73.8 cm³/mol. The lowest BCUT2D eigenvalue weighted by Crippen LogP contribution is -2.36. The number of hydrogen-bond donors (Lipinski definition) is 0. The predicted octanol–water partition coefficient (Wildman–Crippen LogP) is 3.84. The topological polar surface area (TPSA) is 3.24 Å². The highest BCUT2D eigenvalue weighted by atomic mass is 79.9. The molecule has 1 aromatic rings. The summed E-state index contributed by atoms with van der Waals surface area (Å²) >= 11 is 7.48. The minimum Gasteiger partial charge on any atom is -0.297 e. The van der Waals surface area contributed by atoms with E-state index in [9.17, 15) is 0 Å². The first-order valence-electron chi connectivity index (χ1n) is 5.26. The Morgan fingerprint density at radius 2 is 2.53 bits per heavy atom. The average molecular weight is 306 g/mol. The first-order chi connectivity index (χ1) is 7.29. The van der Waals surface area contributed by atoms with Crippen LogP contribution in [0.5, 0.6) is 0 Å². The highest BCUT2D eigenvalue weighted by Gasteiger charge is 2.19. The lowest BCUT2D eigenvalue weighted by molar-refractivity contribution is 0.227. The van der Waals surface area contributed by atoms with Crippen molar-refractivity contribution in [3.63, 3.8) is 0 Å². The van der Waals surface area contributed by atoms with Crippen molar-refractivity contribution in [1.82, 2.24) is 4.90 Å². The zero-order valence-corrected chi connectivity index (χ0v) is 12.1. The third-order valence-electron chi connectivity index (χ3n) is 2.85. The molecule has 0 bridgehead atoms. The van der Waals surface area contributed by atoms with Crippen LogP contribution in [0.3, 0.4) is 0 Å². The lowest BCUT2D eigenvalue weighted by atomic mass is 10.1. The molecule has 1 unspecified atom stereocenters. The van der Waals surface area contributed by atoms with Crippen LogP contribution in [-0.2, 0) is 6.54 Å². The number of hydrogen-bond acceptors (Lipinski definition) is 3. The molecular formula is C11H16BrNS2. The van der Waals surface area contributed by atoms with Crippen LogP contribution in [0.1, 0.15) is 17.7 Å². The van der Waals surface area contributed by atoms with Gasteiger partial charge < -0.3 is 0 Å². The fourth-order valence-corrected chi connectivity index (χ4v) is 4.27. The Morgan fingerprint density at radius 1 is 1.67 bits per heavy atom. The summed E-state index contributed by atoms with van der Waals surface area (Å²) in [6.45, 7) is 3.64. The number of nitrogens with zero attached hydrogens (tertiary/aromatic N) is 1. The van der Waals surface area contributed by atoms with Crippen LogP contribution in [0.15, 0.2) is 15.9 Å². The van der Waals surface area contributed by atoms with Gasteiger partial charge in [0.15, 0.2) is 0 Å². The van der Waals surface area contributed by atoms with Crippen LogP contribution in [0.4, 0.5) is 0 Å². The second-order valence-corrected chi connectivity index (χ2v) is 6.92. The molecule has 1 fully saturated rings. The van der Waals surface area contributed by atoms with E-state index < -0.39 is 0 Å². The van der Waals surface area contributed by atoms with Gasteiger partial charge in [0.2, 0.25) is 0 Å². The van der Waals surface area contributed by atoms with E-state index in [1.54, 1.807) is 0 Å². The molecule has 0 aliphatic carbocycles. The molecule has 1 aliphatic heterocycles. The van der Waals surface area contributed by atoms with Crippen molar-refractivity contribution in [1.29, 1.82) is 0 Å². The Kier molecular flexibility index (Phi) is 4.55. The smallest absolute Gasteiger partial charge is 0.0339 e. The van der Waals surface area contributed by atoms with Gasteiger partial charge in [-0.15, -0.1) is 11.3 Å². The van der Waals surface area contributed by atoms with Crippen LogP contribution in [0.2, 0.25) is 0 Å². The van der Waals surface area contributed by atoms with Crippen molar-refractivity contribution < 1.29 is 0 Å². The molecule has 0 amide bonds. The van der Waals surface area contributed by atoms with E-state index in [1.807, 2.05) is 23.1 Å². The molecule has 0 aromatic carbocycles. The fourth-order valence-electron chi connectivity index (χ4n) is 1.99. The normalized spacial score (nSPS) is 23.2. The van der Waals surface area contributed by atoms with E-state index in [0.29, 0.717) is 0 Å². The van der Waals surface area contributed by atoms with Crippen LogP contribution in [0, 0.1) is 0 Å². The first-order valence-corrected chi connectivity index (χ1v) is 8.22. The first kappa shape index (κ1) is 12.0. The fraction of sp³-hybridized carbons (Fsp3) is 0.636. The minimum atomic E-state index is 0.845. The van der Waals surface area contributed by atoms with E-state index in [4.69, 9.17) is 0 Å². The molecular weight excluding hydrogens is 290 g/mol. The van der Waals surface area contributed by atoms with Crippen LogP contribution in [0.25, 0.3) is 0 Å². The molecule has 15 heavy (non-hydrogen) atoms. The number of likely N-dealkylation sites (tertiary alicyclic amines) is 1. The summed E-state index contributed by atoms with van der Waals surface area (Å²) in [6, 6.07) is 2.15. The molecule has 0 spiro atoms. The molecule has 4 heteroatoms. The largest absolute Gasteiger partial charge is 0.297 e. The molecule has 1 aliphatic rings. The second kappa shape index (κ2) is 5.71. The van der Waals surface area contributed by atoms with Gasteiger partial charge in [-0.2, -0.15) is 11.8 Å². The molecule has 1 nitrogen and oxygen atoms in total. The Labute approximate surface area is 108 Å². The zero-order valence-electron chi connectivity index (χ0n) is 8.91. The van der Waals surface area contributed by atoms with Gasteiger partial charge >= 0.3 is 0 Å². The molecule has 0 radical (unpaired) electrons. The number of rotatable bonds is 3. The van der Waals surface area contributed by atoms with Gasteiger partial charge in [-0.25, -0.2) is 0 Å². The summed E-state index contributed by atoms with van der Waals surface area (Å²) in [4.78, 5) is 4.05. The van der Waals surface area contributed by atoms with Gasteiger partial charge in [0.25, 0.3) is 0 Å². The number of thioether (sulfide) groups is 1. The van der Waals surface area contributed by atoms with Crippen molar-refractivity contribution in [2.45, 2.75) is 24.6 Å². The van der Waals surface area contributed by atoms with Gasteiger partial charge in [-0.1, -0.05) is 0 Å². The molecule has 1 atom stereocenters. The Bertz CT molecular complexity index is 313. The molecule has 2 heterocycles. The van der Waals surface area contributed by atoms with Crippen LogP contribution >= 0.6 is 39.0 Å². The van der Waals surface area contributed by atoms with Gasteiger partial charge in [0.05, 0.1) is 0 Å². The number of halogens is 1. The SMILES string of the molecule is CSC1CCCN(Cc2sccc2Br)C1. The quantitative estimate of drug-likeness (QED) is 0.835. The van der Waals surface area contributed by atoms with Crippen molar-refractivity contribution in [3.05, 3.63) is 20.8 Å². The van der Waals surface area contributed by atoms with Crippen molar-refractivity contribution in [2.75, 3.05) is 19.3 Å². The van der Waals surface area contributed by atoms with Crippen LogP contribution < -0.4 is 0 Å². The van der Waals surface area contributed by atoms with E-state index in [0.717, 1.165) is 11.8 Å². The van der Waals surface area contributed by atoms with Crippen LogP contribution in [-0.4, -0.2) is 29.5 Å². The van der Waals surface area contributed by atoms with Crippen molar-refractivity contribution in [3.8, 4) is 0 Å². The van der Waals surface area contributed by atoms with E-state index in [2.05, 4.69) is 38.5 Å². The number of piperidine rings is 1. The van der Waals surface area contributed by atoms with E-state index in [-0.39, 0.29) is 0 Å². The number of thiophene rings is 1. The molecule has 2 rings (SSSR count). The van der Waals surface area contributed by atoms with Gasteiger partial charge in [0, 0.05) is 27.7 Å². The highest BCUT2D eigenvalue weighted by molar-refractivity contribution is 9.10. The summed E-state index contributed by atoms with van der Waals surface area (Å²) in [6.07, 6.45) is 4.98. The van der Waals surface area contributed by atoms with Crippen molar-refractivity contribution >= 4 is 39.0 Å². The Morgan fingerprint density at radius 3 is 3.20 bits per heavy atom. The summed E-state index contributed by atoms with van der Waals surface area (Å²) in [7, 11) is 0.